The summed E-state index contributed by atoms with van der Waals surface area (Å²) < 4.78 is 1.92. The minimum atomic E-state index is -0.0922. The van der Waals surface area contributed by atoms with E-state index < -0.39 is 0 Å². The highest BCUT2D eigenvalue weighted by molar-refractivity contribution is 5.84. The Morgan fingerprint density at radius 3 is 2.61 bits per heavy atom. The Balaban J connectivity index is 1.77. The van der Waals surface area contributed by atoms with Crippen molar-refractivity contribution in [3.05, 3.63) is 18.2 Å². The largest absolute Gasteiger partial charge is 0.353 e. The first-order chi connectivity index (χ1) is 11.1. The van der Waals surface area contributed by atoms with Crippen LogP contribution in [0.3, 0.4) is 0 Å². The molecule has 1 heterocycles. The third kappa shape index (κ3) is 5.37. The number of carbonyl (C=O) groups excluding carboxylic acids is 2. The molecule has 2 amide bonds. The number of aryl methyl sites for hydroxylation is 1. The first-order valence-electron chi connectivity index (χ1n) is 8.66. The topological polar surface area (TPSA) is 76.0 Å². The minimum Gasteiger partial charge on any atom is -0.353 e. The van der Waals surface area contributed by atoms with Gasteiger partial charge in [0.05, 0.1) is 6.04 Å². The van der Waals surface area contributed by atoms with Gasteiger partial charge in [0.2, 0.25) is 11.8 Å². The fraction of sp³-hybridized carbons (Fsp3) is 0.706. The van der Waals surface area contributed by atoms with E-state index in [1.54, 1.807) is 6.20 Å². The maximum absolute atomic E-state index is 12.1. The second kappa shape index (κ2) is 8.70. The van der Waals surface area contributed by atoms with Crippen LogP contribution in [0.1, 0.15) is 70.2 Å². The average molecular weight is 320 g/mol. The number of hydrogen-bond donors (Lipinski definition) is 2. The van der Waals surface area contributed by atoms with E-state index in [1.165, 1.54) is 12.8 Å². The van der Waals surface area contributed by atoms with Crippen LogP contribution in [-0.2, 0) is 16.6 Å². The van der Waals surface area contributed by atoms with Crippen LogP contribution in [0.2, 0.25) is 0 Å². The van der Waals surface area contributed by atoms with E-state index in [0.717, 1.165) is 31.5 Å². The maximum Gasteiger partial charge on any atom is 0.221 e. The molecule has 1 aromatic heterocycles. The van der Waals surface area contributed by atoms with Gasteiger partial charge in [-0.3, -0.25) is 9.59 Å². The molecule has 2 rings (SSSR count). The van der Waals surface area contributed by atoms with Crippen molar-refractivity contribution in [3.8, 4) is 0 Å². The van der Waals surface area contributed by atoms with Gasteiger partial charge in [-0.2, -0.15) is 0 Å². The van der Waals surface area contributed by atoms with Gasteiger partial charge >= 0.3 is 0 Å². The first kappa shape index (κ1) is 17.5. The second-order valence-electron chi connectivity index (χ2n) is 6.35. The number of carbonyl (C=O) groups is 2. The Morgan fingerprint density at radius 2 is 2.00 bits per heavy atom. The van der Waals surface area contributed by atoms with Gasteiger partial charge in [-0.1, -0.05) is 26.2 Å². The van der Waals surface area contributed by atoms with Crippen molar-refractivity contribution in [1.29, 1.82) is 0 Å². The van der Waals surface area contributed by atoms with Crippen LogP contribution in [0, 0.1) is 0 Å². The van der Waals surface area contributed by atoms with E-state index in [9.17, 15) is 9.59 Å². The standard InChI is InChI=1S/C17H28N4O2/c1-3-6-14(17-18-11-12-21(17)2)20-16(23)10-9-15(22)19-13-7-4-5-8-13/h11-14H,3-10H2,1-2H3,(H,19,22)(H,20,23)/t14-/m1/s1. The highest BCUT2D eigenvalue weighted by Crippen LogP contribution is 2.18. The molecule has 0 bridgehead atoms. The van der Waals surface area contributed by atoms with Crippen molar-refractivity contribution in [2.24, 2.45) is 7.05 Å². The molecule has 2 N–H and O–H groups in total. The molecule has 23 heavy (non-hydrogen) atoms. The van der Waals surface area contributed by atoms with E-state index in [1.807, 2.05) is 17.8 Å². The molecule has 1 saturated carbocycles. The van der Waals surface area contributed by atoms with Gasteiger partial charge in [-0.05, 0) is 19.3 Å². The number of aromatic nitrogens is 2. The summed E-state index contributed by atoms with van der Waals surface area (Å²) in [7, 11) is 1.92. The molecule has 0 radical (unpaired) electrons. The average Bonchev–Trinajstić information content (AvgIpc) is 3.16. The highest BCUT2D eigenvalue weighted by Gasteiger charge is 2.20. The molecule has 0 saturated heterocycles. The molecule has 6 nitrogen and oxygen atoms in total. The number of nitrogens with zero attached hydrogens (tertiary/aromatic N) is 2. The molecule has 0 spiro atoms. The predicted octanol–water partition coefficient (Wildman–Crippen LogP) is 2.22. The lowest BCUT2D eigenvalue weighted by molar-refractivity contribution is -0.127. The normalized spacial score (nSPS) is 16.3. The lowest BCUT2D eigenvalue weighted by Gasteiger charge is -2.18. The third-order valence-electron chi connectivity index (χ3n) is 4.38. The van der Waals surface area contributed by atoms with Crippen LogP contribution in [0.4, 0.5) is 0 Å². The molecule has 1 aliphatic rings. The van der Waals surface area contributed by atoms with Crippen LogP contribution in [-0.4, -0.2) is 27.4 Å². The summed E-state index contributed by atoms with van der Waals surface area (Å²) in [5.41, 5.74) is 0. The zero-order valence-corrected chi connectivity index (χ0v) is 14.2. The third-order valence-corrected chi connectivity index (χ3v) is 4.38. The van der Waals surface area contributed by atoms with E-state index in [0.29, 0.717) is 6.04 Å². The summed E-state index contributed by atoms with van der Waals surface area (Å²) in [6, 6.07) is 0.219. The van der Waals surface area contributed by atoms with Gasteiger partial charge in [0.1, 0.15) is 5.82 Å². The summed E-state index contributed by atoms with van der Waals surface area (Å²) in [5.74, 6) is 0.750. The Labute approximate surface area is 138 Å². The summed E-state index contributed by atoms with van der Waals surface area (Å²) in [6.45, 7) is 2.08. The summed E-state index contributed by atoms with van der Waals surface area (Å²) in [4.78, 5) is 28.4. The van der Waals surface area contributed by atoms with E-state index >= 15 is 0 Å². The van der Waals surface area contributed by atoms with E-state index in [2.05, 4.69) is 22.5 Å². The van der Waals surface area contributed by atoms with Crippen LogP contribution < -0.4 is 10.6 Å². The monoisotopic (exact) mass is 320 g/mol. The van der Waals surface area contributed by atoms with Crippen LogP contribution in [0.15, 0.2) is 12.4 Å². The van der Waals surface area contributed by atoms with Gasteiger partial charge in [-0.15, -0.1) is 0 Å². The molecular formula is C17H28N4O2. The first-order valence-corrected chi connectivity index (χ1v) is 8.66. The summed E-state index contributed by atoms with van der Waals surface area (Å²) in [6.07, 6.45) is 10.4. The molecule has 1 fully saturated rings. The second-order valence-corrected chi connectivity index (χ2v) is 6.35. The van der Waals surface area contributed by atoms with Crippen LogP contribution >= 0.6 is 0 Å². The Kier molecular flexibility index (Phi) is 6.62. The molecular weight excluding hydrogens is 292 g/mol. The zero-order chi connectivity index (χ0) is 16.7. The Hall–Kier alpha value is -1.85. The number of amides is 2. The van der Waals surface area contributed by atoms with Crippen molar-refractivity contribution >= 4 is 11.8 Å². The van der Waals surface area contributed by atoms with Crippen molar-refractivity contribution in [2.45, 2.75) is 70.4 Å². The zero-order valence-electron chi connectivity index (χ0n) is 14.2. The number of rotatable bonds is 8. The molecule has 0 aromatic carbocycles. The summed E-state index contributed by atoms with van der Waals surface area (Å²) in [5, 5.41) is 6.02. The number of hydrogen-bond acceptors (Lipinski definition) is 3. The van der Waals surface area contributed by atoms with Gasteiger partial charge < -0.3 is 15.2 Å². The quantitative estimate of drug-likeness (QED) is 0.771. The highest BCUT2D eigenvalue weighted by atomic mass is 16.2. The lowest BCUT2D eigenvalue weighted by atomic mass is 10.1. The number of nitrogens with one attached hydrogen (secondary N) is 2. The molecule has 6 heteroatoms. The smallest absolute Gasteiger partial charge is 0.221 e. The summed E-state index contributed by atoms with van der Waals surface area (Å²) >= 11 is 0. The number of imidazole rings is 1. The van der Waals surface area contributed by atoms with Gasteiger partial charge in [0.15, 0.2) is 0 Å². The van der Waals surface area contributed by atoms with Gasteiger partial charge in [0, 0.05) is 38.3 Å². The van der Waals surface area contributed by atoms with Gasteiger partial charge in [0.25, 0.3) is 0 Å². The Bertz CT molecular complexity index is 520. The predicted molar refractivity (Wildman–Crippen MR) is 88.6 cm³/mol. The molecule has 0 unspecified atom stereocenters. The van der Waals surface area contributed by atoms with Crippen molar-refractivity contribution in [2.75, 3.05) is 0 Å². The van der Waals surface area contributed by atoms with Crippen LogP contribution in [0.5, 0.6) is 0 Å². The molecule has 1 atom stereocenters. The molecule has 0 aliphatic heterocycles. The molecule has 1 aromatic rings. The van der Waals surface area contributed by atoms with E-state index in [-0.39, 0.29) is 30.7 Å². The van der Waals surface area contributed by atoms with Crippen molar-refractivity contribution in [3.63, 3.8) is 0 Å². The SMILES string of the molecule is CCC[C@@H](NC(=O)CCC(=O)NC1CCCC1)c1nccn1C. The fourth-order valence-electron chi connectivity index (χ4n) is 3.13. The van der Waals surface area contributed by atoms with E-state index in [4.69, 9.17) is 0 Å². The van der Waals surface area contributed by atoms with Crippen LogP contribution in [0.25, 0.3) is 0 Å². The van der Waals surface area contributed by atoms with Crippen molar-refractivity contribution in [1.82, 2.24) is 20.2 Å². The fourth-order valence-corrected chi connectivity index (χ4v) is 3.13. The van der Waals surface area contributed by atoms with Gasteiger partial charge in [-0.25, -0.2) is 4.98 Å². The Morgan fingerprint density at radius 1 is 1.30 bits per heavy atom. The van der Waals surface area contributed by atoms with Crippen molar-refractivity contribution < 1.29 is 9.59 Å². The molecule has 1 aliphatic carbocycles. The minimum absolute atomic E-state index is 0.0175. The lowest BCUT2D eigenvalue weighted by Crippen LogP contribution is -2.34. The maximum atomic E-state index is 12.1. The molecule has 128 valence electrons.